The van der Waals surface area contributed by atoms with Gasteiger partial charge in [-0.15, -0.1) is 0 Å². The second kappa shape index (κ2) is 8.67. The maximum absolute atomic E-state index is 13.4. The summed E-state index contributed by atoms with van der Waals surface area (Å²) >= 11 is 0. The van der Waals surface area contributed by atoms with Gasteiger partial charge in [0.05, 0.1) is 17.0 Å². The van der Waals surface area contributed by atoms with E-state index in [2.05, 4.69) is 25.9 Å². The third kappa shape index (κ3) is 4.04. The number of nitriles is 1. The Morgan fingerprint density at radius 1 is 1.34 bits per heavy atom. The number of nitrogens with zero attached hydrogens (tertiary/aromatic N) is 6. The van der Waals surface area contributed by atoms with Crippen molar-refractivity contribution < 1.29 is 13.2 Å². The van der Waals surface area contributed by atoms with E-state index < -0.39 is 21.7 Å². The molecule has 11 heteroatoms. The van der Waals surface area contributed by atoms with Crippen LogP contribution in [-0.2, 0) is 15.0 Å². The smallest absolute Gasteiger partial charge is 0.306 e. The summed E-state index contributed by atoms with van der Waals surface area (Å²) in [4.78, 5) is 26.5. The molecule has 1 saturated heterocycles. The molecule has 1 unspecified atom stereocenters. The number of aromatic nitrogens is 3. The molecule has 2 aliphatic rings. The highest BCUT2D eigenvalue weighted by atomic mass is 32.2. The van der Waals surface area contributed by atoms with Gasteiger partial charge in [-0.05, 0) is 31.7 Å². The lowest BCUT2D eigenvalue weighted by Gasteiger charge is -2.42. The first-order valence-corrected chi connectivity index (χ1v) is 12.4. The molecule has 0 aromatic carbocycles. The van der Waals surface area contributed by atoms with Crippen LogP contribution in [-0.4, -0.2) is 70.1 Å². The molecule has 2 aromatic rings. The fraction of sp³-hybridized carbons (Fsp3) is 0.619. The highest BCUT2D eigenvalue weighted by molar-refractivity contribution is 7.87. The molecule has 1 atom stereocenters. The van der Waals surface area contributed by atoms with Crippen LogP contribution in [0.15, 0.2) is 18.6 Å². The van der Waals surface area contributed by atoms with Gasteiger partial charge in [0.25, 0.3) is 0 Å². The van der Waals surface area contributed by atoms with E-state index >= 15 is 0 Å². The minimum absolute atomic E-state index is 0.0489. The van der Waals surface area contributed by atoms with Crippen molar-refractivity contribution in [3.8, 4) is 6.07 Å². The molecule has 4 rings (SSSR count). The first-order valence-electron chi connectivity index (χ1n) is 11.0. The second-order valence-corrected chi connectivity index (χ2v) is 10.6. The van der Waals surface area contributed by atoms with E-state index in [9.17, 15) is 18.5 Å². The number of H-pyrrole nitrogens is 1. The third-order valence-corrected chi connectivity index (χ3v) is 8.57. The zero-order valence-electron chi connectivity index (χ0n) is 18.5. The van der Waals surface area contributed by atoms with E-state index in [0.717, 1.165) is 40.4 Å². The van der Waals surface area contributed by atoms with Crippen LogP contribution in [0.25, 0.3) is 11.0 Å². The van der Waals surface area contributed by atoms with Gasteiger partial charge in [0.1, 0.15) is 17.8 Å². The number of hydrogen-bond donors (Lipinski definition) is 1. The van der Waals surface area contributed by atoms with Crippen LogP contribution in [0.1, 0.15) is 45.4 Å². The largest absolute Gasteiger partial charge is 0.353 e. The highest BCUT2D eigenvalue weighted by Crippen LogP contribution is 2.47. The lowest BCUT2D eigenvalue weighted by Crippen LogP contribution is -2.60. The maximum atomic E-state index is 13.4. The van der Waals surface area contributed by atoms with Gasteiger partial charge < -0.3 is 9.88 Å². The average molecular weight is 460 g/mol. The molecule has 1 aliphatic carbocycles. The van der Waals surface area contributed by atoms with Gasteiger partial charge in [0, 0.05) is 45.2 Å². The molecule has 32 heavy (non-hydrogen) atoms. The summed E-state index contributed by atoms with van der Waals surface area (Å²) in [5.74, 6) is 0.100. The molecule has 1 amide bonds. The molecule has 3 heterocycles. The predicted octanol–water partition coefficient (Wildman–Crippen LogP) is 2.04. The van der Waals surface area contributed by atoms with E-state index in [1.54, 1.807) is 0 Å². The fourth-order valence-electron chi connectivity index (χ4n) is 4.52. The number of carbonyl (C=O) groups is 1. The molecule has 1 aliphatic heterocycles. The summed E-state index contributed by atoms with van der Waals surface area (Å²) in [6.45, 7) is 3.28. The molecule has 1 saturated carbocycles. The minimum atomic E-state index is -3.94. The Kier molecular flexibility index (Phi) is 6.09. The maximum Gasteiger partial charge on any atom is 0.306 e. The molecule has 10 nitrogen and oxygen atoms in total. The molecule has 0 bridgehead atoms. The van der Waals surface area contributed by atoms with Crippen LogP contribution in [0.2, 0.25) is 0 Å². The second-order valence-electron chi connectivity index (χ2n) is 8.68. The normalized spacial score (nSPS) is 19.1. The number of hydrogen-bond acceptors (Lipinski definition) is 7. The van der Waals surface area contributed by atoms with E-state index in [-0.39, 0.29) is 18.9 Å². The van der Waals surface area contributed by atoms with Crippen LogP contribution in [0.5, 0.6) is 0 Å². The van der Waals surface area contributed by atoms with Crippen LogP contribution in [0.4, 0.5) is 5.82 Å². The third-order valence-electron chi connectivity index (χ3n) is 6.55. The van der Waals surface area contributed by atoms with Crippen LogP contribution >= 0.6 is 0 Å². The number of aromatic amines is 1. The van der Waals surface area contributed by atoms with Gasteiger partial charge in [-0.3, -0.25) is 4.79 Å². The van der Waals surface area contributed by atoms with Crippen molar-refractivity contribution in [2.24, 2.45) is 5.92 Å². The topological polar surface area (TPSA) is 126 Å². The van der Waals surface area contributed by atoms with Gasteiger partial charge in [-0.2, -0.15) is 18.0 Å². The van der Waals surface area contributed by atoms with Crippen molar-refractivity contribution in [3.63, 3.8) is 0 Å². The Balaban J connectivity index is 1.47. The number of amides is 1. The Labute approximate surface area is 188 Å². The number of rotatable bonds is 8. The van der Waals surface area contributed by atoms with E-state index in [1.807, 2.05) is 19.2 Å². The molecular formula is C21H29N7O3S. The van der Waals surface area contributed by atoms with Gasteiger partial charge in [-0.25, -0.2) is 14.3 Å². The Hall–Kier alpha value is -2.71. The first kappa shape index (κ1) is 22.5. The summed E-state index contributed by atoms with van der Waals surface area (Å²) in [5, 5.41) is 10.1. The zero-order valence-corrected chi connectivity index (χ0v) is 19.3. The lowest BCUT2D eigenvalue weighted by molar-refractivity contribution is -0.126. The molecular weight excluding hydrogens is 430 g/mol. The number of piperazine rings is 1. The summed E-state index contributed by atoms with van der Waals surface area (Å²) < 4.78 is 29.1. The molecule has 0 radical (unpaired) electrons. The summed E-state index contributed by atoms with van der Waals surface area (Å²) in [7, 11) is -2.61. The highest BCUT2D eigenvalue weighted by Gasteiger charge is 2.57. The predicted molar refractivity (Wildman–Crippen MR) is 120 cm³/mol. The van der Waals surface area contributed by atoms with Gasteiger partial charge in [0.2, 0.25) is 5.91 Å². The van der Waals surface area contributed by atoms with Crippen LogP contribution in [0, 0.1) is 17.2 Å². The fourth-order valence-corrected chi connectivity index (χ4v) is 6.21. The van der Waals surface area contributed by atoms with Crippen molar-refractivity contribution in [1.82, 2.24) is 23.6 Å². The van der Waals surface area contributed by atoms with Crippen LogP contribution < -0.4 is 4.90 Å². The molecule has 172 valence electrons. The Bertz CT molecular complexity index is 1140. The summed E-state index contributed by atoms with van der Waals surface area (Å²) in [6, 6.07) is 4.13. The molecule has 1 spiro atoms. The zero-order chi connectivity index (χ0) is 22.9. The quantitative estimate of drug-likeness (QED) is 0.640. The Morgan fingerprint density at radius 3 is 2.81 bits per heavy atom. The summed E-state index contributed by atoms with van der Waals surface area (Å²) in [5.41, 5.74) is 0.232. The van der Waals surface area contributed by atoms with E-state index in [1.165, 1.54) is 17.7 Å². The summed E-state index contributed by atoms with van der Waals surface area (Å²) in [6.07, 6.45) is 6.82. The van der Waals surface area contributed by atoms with Crippen molar-refractivity contribution in [2.45, 2.75) is 51.0 Å². The number of carbonyl (C=O) groups excluding carboxylic acids is 1. The SMILES string of the molecule is CCCC(C#N)CCC(=O)N(C)S(=O)(=O)N1CCN(c2ncnc3[nH]ccc23)CC12CC2. The van der Waals surface area contributed by atoms with E-state index in [0.29, 0.717) is 25.9 Å². The van der Waals surface area contributed by atoms with Gasteiger partial charge in [-0.1, -0.05) is 13.3 Å². The number of anilines is 1. The van der Waals surface area contributed by atoms with Crippen molar-refractivity contribution in [1.29, 1.82) is 5.26 Å². The van der Waals surface area contributed by atoms with E-state index in [4.69, 9.17) is 0 Å². The monoisotopic (exact) mass is 459 g/mol. The minimum Gasteiger partial charge on any atom is -0.353 e. The lowest BCUT2D eigenvalue weighted by atomic mass is 9.99. The molecule has 2 aromatic heterocycles. The Morgan fingerprint density at radius 2 is 2.12 bits per heavy atom. The van der Waals surface area contributed by atoms with Gasteiger partial charge >= 0.3 is 10.2 Å². The standard InChI is InChI=1S/C21H29N7O3S/c1-3-4-16(13-22)5-6-18(29)26(2)32(30,31)28-12-11-27(14-21(28)8-9-21)20-17-7-10-23-19(17)24-15-25-20/h7,10,15-16H,3-6,8-9,11-12,14H2,1-2H3,(H,23,24,25). The number of nitrogens with one attached hydrogen (secondary N) is 1. The van der Waals surface area contributed by atoms with Crippen molar-refractivity contribution in [2.75, 3.05) is 31.6 Å². The molecule has 2 fully saturated rings. The van der Waals surface area contributed by atoms with Crippen molar-refractivity contribution >= 4 is 33.0 Å². The molecule has 1 N–H and O–H groups in total. The first-order chi connectivity index (χ1) is 15.3. The van der Waals surface area contributed by atoms with Crippen LogP contribution in [0.3, 0.4) is 0 Å². The van der Waals surface area contributed by atoms with Gasteiger partial charge in [0.15, 0.2) is 0 Å². The number of fused-ring (bicyclic) bond motifs is 1. The van der Waals surface area contributed by atoms with Crippen molar-refractivity contribution in [3.05, 3.63) is 18.6 Å². The average Bonchev–Trinajstić information content (AvgIpc) is 3.36.